The van der Waals surface area contributed by atoms with Crippen molar-refractivity contribution < 1.29 is 31.9 Å². The summed E-state index contributed by atoms with van der Waals surface area (Å²) in [6.45, 7) is -0.574. The van der Waals surface area contributed by atoms with E-state index in [9.17, 15) is 31.9 Å². The van der Waals surface area contributed by atoms with E-state index in [4.69, 9.17) is 0 Å². The number of rotatable bonds is 6. The Bertz CT molecular complexity index is 1200. The van der Waals surface area contributed by atoms with Gasteiger partial charge in [-0.05, 0) is 48.5 Å². The van der Waals surface area contributed by atoms with Crippen LogP contribution in [0, 0.1) is 5.82 Å². The number of hydrogen-bond donors (Lipinski definition) is 4. The molecule has 11 heteroatoms. The summed E-state index contributed by atoms with van der Waals surface area (Å²) in [5, 5.41) is 8.86. The average Bonchev–Trinajstić information content (AvgIpc) is 2.78. The molecule has 0 fully saturated rings. The first-order valence-corrected chi connectivity index (χ1v) is 9.80. The Kier molecular flexibility index (Phi) is 7.46. The summed E-state index contributed by atoms with van der Waals surface area (Å²) in [6, 6.07) is 14.8. The maximum atomic E-state index is 13.5. The number of benzene rings is 3. The summed E-state index contributed by atoms with van der Waals surface area (Å²) in [4.78, 5) is 36.1. The molecule has 0 spiro atoms. The van der Waals surface area contributed by atoms with E-state index in [-0.39, 0.29) is 16.9 Å². The highest BCUT2D eigenvalue weighted by atomic mass is 19.4. The van der Waals surface area contributed by atoms with Crippen molar-refractivity contribution in [1.29, 1.82) is 0 Å². The van der Waals surface area contributed by atoms with Crippen molar-refractivity contribution in [2.45, 2.75) is 6.18 Å². The second-order valence-electron chi connectivity index (χ2n) is 6.94. The van der Waals surface area contributed by atoms with Gasteiger partial charge >= 0.3 is 12.2 Å². The minimum absolute atomic E-state index is 0.124. The topological polar surface area (TPSA) is 99.3 Å². The van der Waals surface area contributed by atoms with Gasteiger partial charge in [0, 0.05) is 16.9 Å². The van der Waals surface area contributed by atoms with E-state index < -0.39 is 47.6 Å². The van der Waals surface area contributed by atoms with E-state index in [0.29, 0.717) is 6.07 Å². The smallest absolute Gasteiger partial charge is 0.329 e. The molecule has 3 rings (SSSR count). The molecule has 0 aliphatic heterocycles. The summed E-state index contributed by atoms with van der Waals surface area (Å²) in [6.07, 6.45) is -4.84. The zero-order chi connectivity index (χ0) is 24.7. The Balaban J connectivity index is 1.64. The molecule has 0 atom stereocenters. The highest BCUT2D eigenvalue weighted by Gasteiger charge is 2.34. The zero-order valence-electron chi connectivity index (χ0n) is 17.4. The molecular formula is C23H18F4N4O3. The quantitative estimate of drug-likeness (QED) is 0.384. The van der Waals surface area contributed by atoms with Crippen molar-refractivity contribution in [3.63, 3.8) is 0 Å². The molecule has 0 unspecified atom stereocenters. The second-order valence-corrected chi connectivity index (χ2v) is 6.94. The van der Waals surface area contributed by atoms with Crippen LogP contribution in [0.2, 0.25) is 0 Å². The molecule has 7 nitrogen and oxygen atoms in total. The third-order valence-corrected chi connectivity index (χ3v) is 4.38. The van der Waals surface area contributed by atoms with Crippen molar-refractivity contribution in [3.05, 3.63) is 89.7 Å². The lowest BCUT2D eigenvalue weighted by atomic mass is 10.1. The van der Waals surface area contributed by atoms with Crippen molar-refractivity contribution in [2.75, 3.05) is 22.5 Å². The molecule has 0 saturated heterocycles. The van der Waals surface area contributed by atoms with Gasteiger partial charge in [-0.1, -0.05) is 24.3 Å². The Morgan fingerprint density at radius 2 is 1.47 bits per heavy atom. The number of nitrogens with one attached hydrogen (secondary N) is 4. The van der Waals surface area contributed by atoms with Gasteiger partial charge in [0.1, 0.15) is 5.82 Å². The predicted octanol–water partition coefficient (Wildman–Crippen LogP) is 4.86. The second kappa shape index (κ2) is 10.5. The molecule has 0 aromatic heterocycles. The summed E-state index contributed by atoms with van der Waals surface area (Å²) in [7, 11) is 0. The minimum Gasteiger partial charge on any atom is -0.329 e. The van der Waals surface area contributed by atoms with Crippen molar-refractivity contribution in [3.8, 4) is 0 Å². The largest absolute Gasteiger partial charge is 0.418 e. The standard InChI is InChI=1S/C23H18F4N4O3/c24-15-7-4-8-16(11-15)29-20(32)13-28-22(34)31-19-10-9-17(12-18(19)23(25,26)27)30-21(33)14-5-2-1-3-6-14/h1-12H,13H2,(H,29,32)(H,30,33)(H2,28,31,34). The maximum Gasteiger partial charge on any atom is 0.418 e. The van der Waals surface area contributed by atoms with Gasteiger partial charge in [-0.15, -0.1) is 0 Å². The predicted molar refractivity (Wildman–Crippen MR) is 118 cm³/mol. The molecule has 3 aromatic rings. The number of carbonyl (C=O) groups is 3. The number of alkyl halides is 3. The van der Waals surface area contributed by atoms with Crippen LogP contribution in [0.15, 0.2) is 72.8 Å². The Morgan fingerprint density at radius 1 is 0.765 bits per heavy atom. The van der Waals surface area contributed by atoms with Crippen LogP contribution >= 0.6 is 0 Å². The molecule has 0 aliphatic rings. The summed E-state index contributed by atoms with van der Waals surface area (Å²) in [5.41, 5.74) is -1.48. The lowest BCUT2D eigenvalue weighted by Crippen LogP contribution is -2.36. The number of urea groups is 1. The van der Waals surface area contributed by atoms with Gasteiger partial charge in [-0.2, -0.15) is 13.2 Å². The monoisotopic (exact) mass is 474 g/mol. The summed E-state index contributed by atoms with van der Waals surface area (Å²) >= 11 is 0. The van der Waals surface area contributed by atoms with Gasteiger partial charge in [0.2, 0.25) is 5.91 Å². The van der Waals surface area contributed by atoms with Gasteiger partial charge < -0.3 is 21.3 Å². The minimum atomic E-state index is -4.84. The molecule has 0 aliphatic carbocycles. The van der Waals surface area contributed by atoms with Gasteiger partial charge in [0.15, 0.2) is 0 Å². The van der Waals surface area contributed by atoms with E-state index >= 15 is 0 Å². The van der Waals surface area contributed by atoms with E-state index in [1.165, 1.54) is 36.4 Å². The van der Waals surface area contributed by atoms with E-state index in [1.54, 1.807) is 18.2 Å². The Morgan fingerprint density at radius 3 is 2.15 bits per heavy atom. The van der Waals surface area contributed by atoms with Gasteiger partial charge in [0.05, 0.1) is 17.8 Å². The highest BCUT2D eigenvalue weighted by molar-refractivity contribution is 6.04. The first kappa shape index (κ1) is 24.2. The molecule has 0 saturated carbocycles. The average molecular weight is 474 g/mol. The fourth-order valence-corrected chi connectivity index (χ4v) is 2.86. The van der Waals surface area contributed by atoms with Gasteiger partial charge in [-0.3, -0.25) is 9.59 Å². The van der Waals surface area contributed by atoms with E-state index in [0.717, 1.165) is 12.1 Å². The van der Waals surface area contributed by atoms with Crippen LogP contribution in [0.25, 0.3) is 0 Å². The molecule has 4 amide bonds. The number of halogens is 4. The lowest BCUT2D eigenvalue weighted by molar-refractivity contribution is -0.136. The molecular weight excluding hydrogens is 456 g/mol. The third kappa shape index (κ3) is 6.79. The first-order valence-electron chi connectivity index (χ1n) is 9.80. The Labute approximate surface area is 191 Å². The number of amides is 4. The number of anilines is 3. The SMILES string of the molecule is O=C(CNC(=O)Nc1ccc(NC(=O)c2ccccc2)cc1C(F)(F)F)Nc1cccc(F)c1. The van der Waals surface area contributed by atoms with Crippen LogP contribution in [-0.2, 0) is 11.0 Å². The number of carbonyl (C=O) groups excluding carboxylic acids is 3. The Hall–Kier alpha value is -4.41. The number of hydrogen-bond acceptors (Lipinski definition) is 3. The fraction of sp³-hybridized carbons (Fsp3) is 0.0870. The third-order valence-electron chi connectivity index (χ3n) is 4.38. The molecule has 34 heavy (non-hydrogen) atoms. The van der Waals surface area contributed by atoms with Crippen LogP contribution in [0.5, 0.6) is 0 Å². The van der Waals surface area contributed by atoms with E-state index in [2.05, 4.69) is 16.0 Å². The van der Waals surface area contributed by atoms with Crippen LogP contribution in [0.4, 0.5) is 39.4 Å². The molecule has 0 heterocycles. The van der Waals surface area contributed by atoms with Crippen LogP contribution in [0.1, 0.15) is 15.9 Å². The normalized spacial score (nSPS) is 10.8. The molecule has 0 radical (unpaired) electrons. The molecule has 0 bridgehead atoms. The van der Waals surface area contributed by atoms with Crippen LogP contribution in [-0.4, -0.2) is 24.4 Å². The van der Waals surface area contributed by atoms with E-state index in [1.807, 2.05) is 5.32 Å². The lowest BCUT2D eigenvalue weighted by Gasteiger charge is -2.16. The molecule has 4 N–H and O–H groups in total. The fourth-order valence-electron chi connectivity index (χ4n) is 2.86. The maximum absolute atomic E-state index is 13.5. The summed E-state index contributed by atoms with van der Waals surface area (Å²) in [5.74, 6) is -1.89. The van der Waals surface area contributed by atoms with Crippen molar-refractivity contribution in [1.82, 2.24) is 5.32 Å². The molecule has 3 aromatic carbocycles. The van der Waals surface area contributed by atoms with Crippen LogP contribution < -0.4 is 21.3 Å². The highest BCUT2D eigenvalue weighted by Crippen LogP contribution is 2.36. The van der Waals surface area contributed by atoms with Crippen LogP contribution in [0.3, 0.4) is 0 Å². The van der Waals surface area contributed by atoms with Gasteiger partial charge in [-0.25, -0.2) is 9.18 Å². The summed E-state index contributed by atoms with van der Waals surface area (Å²) < 4.78 is 53.8. The van der Waals surface area contributed by atoms with Crippen molar-refractivity contribution >= 4 is 34.9 Å². The van der Waals surface area contributed by atoms with Crippen molar-refractivity contribution in [2.24, 2.45) is 0 Å². The van der Waals surface area contributed by atoms with Gasteiger partial charge in [0.25, 0.3) is 5.91 Å². The first-order chi connectivity index (χ1) is 16.1. The molecule has 176 valence electrons. The zero-order valence-corrected chi connectivity index (χ0v) is 17.4.